The van der Waals surface area contributed by atoms with Crippen molar-refractivity contribution in [2.45, 2.75) is 38.4 Å². The lowest BCUT2D eigenvalue weighted by Gasteiger charge is -2.14. The van der Waals surface area contributed by atoms with Crippen LogP contribution in [0.25, 0.3) is 11.0 Å². The van der Waals surface area contributed by atoms with Gasteiger partial charge < -0.3 is 5.32 Å². The van der Waals surface area contributed by atoms with Crippen LogP contribution in [0.4, 0.5) is 5.69 Å². The van der Waals surface area contributed by atoms with Gasteiger partial charge in [0.25, 0.3) is 0 Å². The number of aromatic amines is 1. The van der Waals surface area contributed by atoms with Crippen molar-refractivity contribution >= 4 is 34.4 Å². The van der Waals surface area contributed by atoms with Crippen molar-refractivity contribution in [2.24, 2.45) is 0 Å². The van der Waals surface area contributed by atoms with Crippen molar-refractivity contribution in [1.82, 2.24) is 4.98 Å². The van der Waals surface area contributed by atoms with Crippen LogP contribution in [0.2, 0.25) is 0 Å². The van der Waals surface area contributed by atoms with Gasteiger partial charge >= 0.3 is 5.16 Å². The van der Waals surface area contributed by atoms with Gasteiger partial charge in [-0.05, 0) is 53.4 Å². The molecule has 0 unspecified atom stereocenters. The molecule has 0 fully saturated rings. The van der Waals surface area contributed by atoms with Gasteiger partial charge in [-0.3, -0.25) is 4.79 Å². The van der Waals surface area contributed by atoms with Gasteiger partial charge in [-0.15, -0.1) is 0 Å². The van der Waals surface area contributed by atoms with Gasteiger partial charge in [0.2, 0.25) is 5.91 Å². The molecule has 5 heteroatoms. The van der Waals surface area contributed by atoms with Crippen LogP contribution >= 0.6 is 11.8 Å². The normalized spacial score (nSPS) is 11.0. The first kappa shape index (κ1) is 21.2. The number of rotatable bonds is 8. The molecule has 31 heavy (non-hydrogen) atoms. The molecule has 1 heterocycles. The van der Waals surface area contributed by atoms with Crippen molar-refractivity contribution in [3.63, 3.8) is 0 Å². The second-order valence-electron chi connectivity index (χ2n) is 7.51. The van der Waals surface area contributed by atoms with Crippen LogP contribution in [-0.2, 0) is 24.2 Å². The quantitative estimate of drug-likeness (QED) is 0.292. The molecular formula is C26H28N3OS+. The van der Waals surface area contributed by atoms with Crippen LogP contribution < -0.4 is 9.88 Å². The van der Waals surface area contributed by atoms with E-state index in [0.29, 0.717) is 5.75 Å². The Bertz CT molecular complexity index is 1160. The molecule has 4 nitrogen and oxygen atoms in total. The van der Waals surface area contributed by atoms with Crippen LogP contribution in [-0.4, -0.2) is 16.6 Å². The molecule has 0 bridgehead atoms. The smallest absolute Gasteiger partial charge is 0.317 e. The number of hydrogen-bond donors (Lipinski definition) is 2. The number of hydrogen-bond acceptors (Lipinski definition) is 2. The number of aromatic nitrogens is 2. The molecule has 0 atom stereocenters. The number of thioether (sulfide) groups is 1. The summed E-state index contributed by atoms with van der Waals surface area (Å²) in [6.07, 6.45) is 1.80. The Balaban J connectivity index is 1.54. The SMILES string of the molecule is CCc1cccc(CC)c1NC(=O)CSc1[nH]c2ccccc2[n+]1Cc1ccccc1. The molecule has 0 aliphatic rings. The van der Waals surface area contributed by atoms with Gasteiger partial charge in [0, 0.05) is 5.69 Å². The van der Waals surface area contributed by atoms with Crippen molar-refractivity contribution < 1.29 is 9.36 Å². The number of anilines is 1. The minimum atomic E-state index is 0.0190. The van der Waals surface area contributed by atoms with E-state index in [-0.39, 0.29) is 5.91 Å². The Hall–Kier alpha value is -3.05. The second kappa shape index (κ2) is 9.84. The average molecular weight is 431 g/mol. The van der Waals surface area contributed by atoms with E-state index >= 15 is 0 Å². The molecule has 0 spiro atoms. The number of para-hydroxylation sites is 3. The van der Waals surface area contributed by atoms with Crippen molar-refractivity contribution in [1.29, 1.82) is 0 Å². The number of amides is 1. The van der Waals surface area contributed by atoms with Gasteiger partial charge in [-0.1, -0.05) is 74.5 Å². The summed E-state index contributed by atoms with van der Waals surface area (Å²) in [6.45, 7) is 5.00. The lowest BCUT2D eigenvalue weighted by atomic mass is 10.0. The van der Waals surface area contributed by atoms with E-state index in [0.717, 1.165) is 41.3 Å². The fraction of sp³-hybridized carbons (Fsp3) is 0.231. The first-order valence-corrected chi connectivity index (χ1v) is 11.8. The molecule has 4 rings (SSSR count). The van der Waals surface area contributed by atoms with Crippen LogP contribution in [0.5, 0.6) is 0 Å². The number of H-pyrrole nitrogens is 1. The highest BCUT2D eigenvalue weighted by atomic mass is 32.2. The largest absolute Gasteiger partial charge is 0.325 e. The standard InChI is InChI=1S/C26H27N3OS/c1-3-20-13-10-14-21(4-2)25(20)28-24(30)18-31-26-27-22-15-8-9-16-23(22)29(26)17-19-11-6-5-7-12-19/h5-16H,3-4,17-18H2,1-2H3,(H,28,30)/p+1. The van der Waals surface area contributed by atoms with E-state index in [2.05, 4.69) is 83.3 Å². The van der Waals surface area contributed by atoms with E-state index in [1.54, 1.807) is 11.8 Å². The maximum absolute atomic E-state index is 12.9. The third kappa shape index (κ3) is 4.83. The van der Waals surface area contributed by atoms with Crippen LogP contribution in [0, 0.1) is 0 Å². The lowest BCUT2D eigenvalue weighted by molar-refractivity contribution is -0.700. The minimum absolute atomic E-state index is 0.0190. The molecule has 0 radical (unpaired) electrons. The summed E-state index contributed by atoms with van der Waals surface area (Å²) >= 11 is 1.54. The minimum Gasteiger partial charge on any atom is -0.325 e. The first-order valence-electron chi connectivity index (χ1n) is 10.8. The Morgan fingerprint density at radius 3 is 2.29 bits per heavy atom. The number of carbonyl (C=O) groups is 1. The lowest BCUT2D eigenvalue weighted by Crippen LogP contribution is -2.36. The van der Waals surface area contributed by atoms with Crippen molar-refractivity contribution in [2.75, 3.05) is 11.1 Å². The highest BCUT2D eigenvalue weighted by Crippen LogP contribution is 2.24. The zero-order chi connectivity index (χ0) is 21.6. The third-order valence-corrected chi connectivity index (χ3v) is 6.47. The third-order valence-electron chi connectivity index (χ3n) is 5.47. The predicted molar refractivity (Wildman–Crippen MR) is 129 cm³/mol. The number of fused-ring (bicyclic) bond motifs is 1. The Labute approximate surface area is 187 Å². The zero-order valence-electron chi connectivity index (χ0n) is 18.0. The number of nitrogens with zero attached hydrogens (tertiary/aromatic N) is 1. The fourth-order valence-corrected chi connectivity index (χ4v) is 4.70. The zero-order valence-corrected chi connectivity index (χ0v) is 18.8. The van der Waals surface area contributed by atoms with Crippen LogP contribution in [0.1, 0.15) is 30.5 Å². The summed E-state index contributed by atoms with van der Waals surface area (Å²) in [5.74, 6) is 0.369. The molecule has 4 aromatic rings. The topological polar surface area (TPSA) is 48.8 Å². The summed E-state index contributed by atoms with van der Waals surface area (Å²) in [7, 11) is 0. The van der Waals surface area contributed by atoms with E-state index < -0.39 is 0 Å². The Morgan fingerprint density at radius 2 is 1.58 bits per heavy atom. The summed E-state index contributed by atoms with van der Waals surface area (Å²) < 4.78 is 2.25. The molecule has 1 aromatic heterocycles. The molecule has 0 aliphatic carbocycles. The molecule has 0 aliphatic heterocycles. The van der Waals surface area contributed by atoms with Crippen molar-refractivity contribution in [3.05, 3.63) is 89.5 Å². The number of imidazole rings is 1. The molecule has 3 aromatic carbocycles. The Kier molecular flexibility index (Phi) is 6.73. The number of nitrogens with one attached hydrogen (secondary N) is 2. The summed E-state index contributed by atoms with van der Waals surface area (Å²) in [5.41, 5.74) is 6.79. The highest BCUT2D eigenvalue weighted by Gasteiger charge is 2.20. The van der Waals surface area contributed by atoms with Gasteiger partial charge in [0.05, 0.1) is 5.75 Å². The molecule has 1 amide bonds. The average Bonchev–Trinajstić information content (AvgIpc) is 3.16. The summed E-state index contributed by atoms with van der Waals surface area (Å²) in [6, 6.07) is 24.9. The van der Waals surface area contributed by atoms with Gasteiger partial charge in [0.1, 0.15) is 6.54 Å². The number of carbonyl (C=O) groups excluding carboxylic acids is 1. The van der Waals surface area contributed by atoms with Crippen LogP contribution in [0.15, 0.2) is 78.0 Å². The monoisotopic (exact) mass is 430 g/mol. The van der Waals surface area contributed by atoms with E-state index in [9.17, 15) is 4.79 Å². The number of aryl methyl sites for hydroxylation is 2. The highest BCUT2D eigenvalue weighted by molar-refractivity contribution is 7.99. The van der Waals surface area contributed by atoms with E-state index in [1.807, 2.05) is 18.2 Å². The predicted octanol–water partition coefficient (Wildman–Crippen LogP) is 5.36. The first-order chi connectivity index (χ1) is 15.2. The van der Waals surface area contributed by atoms with Crippen molar-refractivity contribution in [3.8, 4) is 0 Å². The molecular weight excluding hydrogens is 402 g/mol. The molecule has 158 valence electrons. The molecule has 0 saturated carbocycles. The maximum Gasteiger partial charge on any atom is 0.317 e. The van der Waals surface area contributed by atoms with Gasteiger partial charge in [0.15, 0.2) is 11.0 Å². The Morgan fingerprint density at radius 1 is 0.903 bits per heavy atom. The van der Waals surface area contributed by atoms with E-state index in [4.69, 9.17) is 0 Å². The van der Waals surface area contributed by atoms with E-state index in [1.165, 1.54) is 16.7 Å². The summed E-state index contributed by atoms with van der Waals surface area (Å²) in [5, 5.41) is 4.16. The van der Waals surface area contributed by atoms with Crippen LogP contribution in [0.3, 0.4) is 0 Å². The summed E-state index contributed by atoms with van der Waals surface area (Å²) in [4.78, 5) is 16.3. The second-order valence-corrected chi connectivity index (χ2v) is 8.48. The van der Waals surface area contributed by atoms with Gasteiger partial charge in [-0.2, -0.15) is 0 Å². The molecule has 2 N–H and O–H groups in total. The molecule has 0 saturated heterocycles. The fourth-order valence-electron chi connectivity index (χ4n) is 3.86. The maximum atomic E-state index is 12.9. The number of benzene rings is 3. The van der Waals surface area contributed by atoms with Gasteiger partial charge in [-0.25, -0.2) is 9.55 Å².